The van der Waals surface area contributed by atoms with Crippen molar-refractivity contribution < 1.29 is 9.47 Å². The normalized spacial score (nSPS) is 15.7. The molecule has 3 nitrogen and oxygen atoms in total. The second-order valence-electron chi connectivity index (χ2n) is 3.76. The molecule has 0 bridgehead atoms. The van der Waals surface area contributed by atoms with Crippen molar-refractivity contribution in [1.29, 1.82) is 0 Å². The van der Waals surface area contributed by atoms with Gasteiger partial charge < -0.3 is 14.8 Å². The van der Waals surface area contributed by atoms with Gasteiger partial charge in [0.1, 0.15) is 5.75 Å². The van der Waals surface area contributed by atoms with Crippen LogP contribution in [0.3, 0.4) is 0 Å². The Morgan fingerprint density at radius 3 is 2.69 bits per heavy atom. The molecule has 1 N–H and O–H groups in total. The first kappa shape index (κ1) is 11.2. The quantitative estimate of drug-likeness (QED) is 0.786. The summed E-state index contributed by atoms with van der Waals surface area (Å²) in [5.41, 5.74) is 2.70. The van der Waals surface area contributed by atoms with E-state index in [9.17, 15) is 0 Å². The smallest absolute Gasteiger partial charge is 0.188 e. The monoisotopic (exact) mass is 219 g/mol. The van der Waals surface area contributed by atoms with Crippen LogP contribution in [-0.2, 0) is 4.74 Å². The fourth-order valence-electron chi connectivity index (χ4n) is 1.78. The van der Waals surface area contributed by atoms with Gasteiger partial charge in [-0.3, -0.25) is 0 Å². The number of hydrogen-bond donors (Lipinski definition) is 1. The summed E-state index contributed by atoms with van der Waals surface area (Å²) in [5, 5.41) is 3.31. The molecule has 0 unspecified atom stereocenters. The van der Waals surface area contributed by atoms with Crippen LogP contribution >= 0.6 is 0 Å². The molecule has 2 rings (SSSR count). The molecule has 86 valence electrons. The van der Waals surface area contributed by atoms with E-state index in [2.05, 4.69) is 23.5 Å². The van der Waals surface area contributed by atoms with Gasteiger partial charge in [-0.1, -0.05) is 18.2 Å². The van der Waals surface area contributed by atoms with Gasteiger partial charge in [0, 0.05) is 13.7 Å². The zero-order chi connectivity index (χ0) is 11.2. The van der Waals surface area contributed by atoms with Gasteiger partial charge in [0.05, 0.1) is 0 Å². The average Bonchev–Trinajstić information content (AvgIpc) is 2.38. The molecule has 0 aliphatic carbocycles. The maximum absolute atomic E-state index is 5.34. The van der Waals surface area contributed by atoms with E-state index >= 15 is 0 Å². The van der Waals surface area contributed by atoms with E-state index in [-0.39, 0.29) is 0 Å². The minimum Gasteiger partial charge on any atom is -0.468 e. The molecule has 0 amide bonds. The molecule has 3 heteroatoms. The zero-order valence-electron chi connectivity index (χ0n) is 9.53. The van der Waals surface area contributed by atoms with E-state index < -0.39 is 0 Å². The van der Waals surface area contributed by atoms with Crippen molar-refractivity contribution in [3.8, 4) is 5.75 Å². The first-order chi connectivity index (χ1) is 7.90. The van der Waals surface area contributed by atoms with Crippen LogP contribution < -0.4 is 10.1 Å². The SMILES string of the molecule is COCOc1ccc(C2=CCNCC2)cc1. The van der Waals surface area contributed by atoms with Crippen LogP contribution in [0.25, 0.3) is 5.57 Å². The van der Waals surface area contributed by atoms with Gasteiger partial charge in [-0.05, 0) is 36.2 Å². The topological polar surface area (TPSA) is 30.5 Å². The van der Waals surface area contributed by atoms with Crippen LogP contribution in [0.2, 0.25) is 0 Å². The highest BCUT2D eigenvalue weighted by atomic mass is 16.7. The summed E-state index contributed by atoms with van der Waals surface area (Å²) < 4.78 is 10.2. The lowest BCUT2D eigenvalue weighted by molar-refractivity contribution is 0.0511. The molecule has 0 spiro atoms. The summed E-state index contributed by atoms with van der Waals surface area (Å²) >= 11 is 0. The number of methoxy groups -OCH3 is 1. The Bertz CT molecular complexity index is 357. The first-order valence-electron chi connectivity index (χ1n) is 5.52. The van der Waals surface area contributed by atoms with E-state index in [0.717, 1.165) is 25.3 Å². The van der Waals surface area contributed by atoms with Crippen molar-refractivity contribution >= 4 is 5.57 Å². The molecule has 0 atom stereocenters. The van der Waals surface area contributed by atoms with E-state index in [1.54, 1.807) is 7.11 Å². The van der Waals surface area contributed by atoms with Gasteiger partial charge in [-0.2, -0.15) is 0 Å². The van der Waals surface area contributed by atoms with Crippen LogP contribution in [0.15, 0.2) is 30.3 Å². The second kappa shape index (κ2) is 5.68. The Morgan fingerprint density at radius 2 is 2.06 bits per heavy atom. The lowest BCUT2D eigenvalue weighted by Gasteiger charge is -2.14. The molecule has 0 aromatic heterocycles. The Balaban J connectivity index is 2.03. The molecule has 0 saturated carbocycles. The van der Waals surface area contributed by atoms with Crippen LogP contribution in [0.4, 0.5) is 0 Å². The summed E-state index contributed by atoms with van der Waals surface area (Å²) in [5.74, 6) is 0.847. The lowest BCUT2D eigenvalue weighted by Crippen LogP contribution is -2.19. The summed E-state index contributed by atoms with van der Waals surface area (Å²) in [6.07, 6.45) is 3.34. The third-order valence-corrected chi connectivity index (χ3v) is 2.63. The second-order valence-corrected chi connectivity index (χ2v) is 3.76. The Labute approximate surface area is 96.1 Å². The van der Waals surface area contributed by atoms with Crippen LogP contribution in [-0.4, -0.2) is 27.0 Å². The highest BCUT2D eigenvalue weighted by Gasteiger charge is 2.05. The molecule has 16 heavy (non-hydrogen) atoms. The first-order valence-corrected chi connectivity index (χ1v) is 5.52. The van der Waals surface area contributed by atoms with Gasteiger partial charge in [-0.15, -0.1) is 0 Å². The molecule has 0 saturated heterocycles. The fraction of sp³-hybridized carbons (Fsp3) is 0.385. The number of benzene rings is 1. The standard InChI is InChI=1S/C13H17NO2/c1-15-10-16-13-4-2-11(3-5-13)12-6-8-14-9-7-12/h2-6,14H,7-10H2,1H3. The van der Waals surface area contributed by atoms with Crippen molar-refractivity contribution in [3.05, 3.63) is 35.9 Å². The predicted octanol–water partition coefficient (Wildman–Crippen LogP) is 2.05. The van der Waals surface area contributed by atoms with Gasteiger partial charge in [0.2, 0.25) is 0 Å². The third-order valence-electron chi connectivity index (χ3n) is 2.63. The average molecular weight is 219 g/mol. The summed E-state index contributed by atoms with van der Waals surface area (Å²) in [6.45, 7) is 2.33. The van der Waals surface area contributed by atoms with Gasteiger partial charge in [0.25, 0.3) is 0 Å². The van der Waals surface area contributed by atoms with Crippen molar-refractivity contribution in [2.75, 3.05) is 27.0 Å². The van der Waals surface area contributed by atoms with Crippen molar-refractivity contribution in [2.24, 2.45) is 0 Å². The zero-order valence-corrected chi connectivity index (χ0v) is 9.53. The molecule has 0 fully saturated rings. The van der Waals surface area contributed by atoms with Crippen molar-refractivity contribution in [1.82, 2.24) is 5.32 Å². The Kier molecular flexibility index (Phi) is 3.97. The van der Waals surface area contributed by atoms with E-state index in [1.165, 1.54) is 11.1 Å². The van der Waals surface area contributed by atoms with E-state index in [1.807, 2.05) is 12.1 Å². The minimum absolute atomic E-state index is 0.298. The minimum atomic E-state index is 0.298. The summed E-state index contributed by atoms with van der Waals surface area (Å²) in [7, 11) is 1.62. The van der Waals surface area contributed by atoms with Crippen LogP contribution in [0.5, 0.6) is 5.75 Å². The maximum Gasteiger partial charge on any atom is 0.188 e. The van der Waals surface area contributed by atoms with Gasteiger partial charge in [0.15, 0.2) is 6.79 Å². The maximum atomic E-state index is 5.34. The molecule has 1 aliphatic rings. The highest BCUT2D eigenvalue weighted by Crippen LogP contribution is 2.22. The Morgan fingerprint density at radius 1 is 1.25 bits per heavy atom. The lowest BCUT2D eigenvalue weighted by atomic mass is 10.0. The third kappa shape index (κ3) is 2.84. The van der Waals surface area contributed by atoms with Crippen LogP contribution in [0.1, 0.15) is 12.0 Å². The van der Waals surface area contributed by atoms with E-state index in [0.29, 0.717) is 6.79 Å². The highest BCUT2D eigenvalue weighted by molar-refractivity contribution is 5.67. The Hall–Kier alpha value is -1.32. The number of hydrogen-bond acceptors (Lipinski definition) is 3. The molecular formula is C13H17NO2. The molecule has 0 radical (unpaired) electrons. The predicted molar refractivity (Wildman–Crippen MR) is 64.4 cm³/mol. The number of nitrogens with one attached hydrogen (secondary N) is 1. The molecule has 1 aromatic carbocycles. The summed E-state index contributed by atoms with van der Waals surface area (Å²) in [6, 6.07) is 8.17. The number of rotatable bonds is 4. The molecular weight excluding hydrogens is 202 g/mol. The number of ether oxygens (including phenoxy) is 2. The van der Waals surface area contributed by atoms with E-state index in [4.69, 9.17) is 9.47 Å². The largest absolute Gasteiger partial charge is 0.468 e. The van der Waals surface area contributed by atoms with Crippen molar-refractivity contribution in [2.45, 2.75) is 6.42 Å². The fourth-order valence-corrected chi connectivity index (χ4v) is 1.78. The molecule has 1 heterocycles. The van der Waals surface area contributed by atoms with Crippen molar-refractivity contribution in [3.63, 3.8) is 0 Å². The van der Waals surface area contributed by atoms with Gasteiger partial charge in [-0.25, -0.2) is 0 Å². The van der Waals surface area contributed by atoms with Gasteiger partial charge >= 0.3 is 0 Å². The summed E-state index contributed by atoms with van der Waals surface area (Å²) in [4.78, 5) is 0. The molecule has 1 aliphatic heterocycles. The van der Waals surface area contributed by atoms with Crippen LogP contribution in [0, 0.1) is 0 Å². The molecule has 1 aromatic rings.